The number of nitrogens with two attached hydrogens (primary N) is 2. The topological polar surface area (TPSA) is 209 Å². The zero-order chi connectivity index (χ0) is 28.3. The van der Waals surface area contributed by atoms with Gasteiger partial charge >= 0.3 is 0 Å². The zero-order valence-electron chi connectivity index (χ0n) is 22.6. The quantitative estimate of drug-likeness (QED) is 0.0431. The van der Waals surface area contributed by atoms with Gasteiger partial charge in [0.05, 0.1) is 72.6 Å². The summed E-state index contributed by atoms with van der Waals surface area (Å²) in [4.78, 5) is 38.3. The van der Waals surface area contributed by atoms with Crippen molar-refractivity contribution in [2.45, 2.75) is 19.1 Å². The van der Waals surface area contributed by atoms with E-state index in [0.29, 0.717) is 79.0 Å². The Morgan fingerprint density at radius 2 is 1.26 bits per heavy atom. The van der Waals surface area contributed by atoms with E-state index in [2.05, 4.69) is 16.0 Å². The molecule has 15 nitrogen and oxygen atoms in total. The van der Waals surface area contributed by atoms with E-state index in [1.54, 1.807) is 0 Å². The maximum absolute atomic E-state index is 12.8. The van der Waals surface area contributed by atoms with Crippen molar-refractivity contribution in [2.24, 2.45) is 11.5 Å². The van der Waals surface area contributed by atoms with Gasteiger partial charge in [0.1, 0.15) is 6.23 Å². The summed E-state index contributed by atoms with van der Waals surface area (Å²) in [5.41, 5.74) is 10.7. The molecule has 1 atom stereocenters. The number of amides is 3. The summed E-state index contributed by atoms with van der Waals surface area (Å²) in [5, 5.41) is 18.5. The molecule has 3 amide bonds. The molecule has 0 aliphatic rings. The van der Waals surface area contributed by atoms with Gasteiger partial charge in [-0.25, -0.2) is 0 Å². The highest BCUT2D eigenvalue weighted by Gasteiger charge is 2.21. The SMILES string of the molecule is COCCNC(=O)CCC(=O)N(CC(=O)NCCOCCOCCN)CC(O)NCCOCCOCCN. The molecule has 1 unspecified atom stereocenters. The molecule has 0 rings (SSSR count). The van der Waals surface area contributed by atoms with Crippen LogP contribution in [0.25, 0.3) is 0 Å². The third-order valence-corrected chi connectivity index (χ3v) is 4.74. The number of hydrogen-bond acceptors (Lipinski definition) is 12. The Bertz CT molecular complexity index is 604. The van der Waals surface area contributed by atoms with Gasteiger partial charge in [-0.1, -0.05) is 0 Å². The Balaban J connectivity index is 4.51. The molecule has 224 valence electrons. The number of aliphatic hydroxyl groups is 1. The normalized spacial score (nSPS) is 11.8. The molecule has 8 N–H and O–H groups in total. The van der Waals surface area contributed by atoms with E-state index >= 15 is 0 Å². The van der Waals surface area contributed by atoms with Crippen LogP contribution < -0.4 is 27.4 Å². The van der Waals surface area contributed by atoms with Crippen molar-refractivity contribution in [1.82, 2.24) is 20.9 Å². The summed E-state index contributed by atoms with van der Waals surface area (Å²) in [6.45, 7) is 4.80. The van der Waals surface area contributed by atoms with Gasteiger partial charge in [-0.05, 0) is 0 Å². The minimum atomic E-state index is -1.10. The van der Waals surface area contributed by atoms with E-state index in [0.717, 1.165) is 0 Å². The van der Waals surface area contributed by atoms with Gasteiger partial charge < -0.3 is 55.8 Å². The molecule has 15 heteroatoms. The summed E-state index contributed by atoms with van der Waals surface area (Å²) in [5.74, 6) is -1.16. The first-order chi connectivity index (χ1) is 18.4. The van der Waals surface area contributed by atoms with Crippen LogP contribution in [0.5, 0.6) is 0 Å². The fourth-order valence-electron chi connectivity index (χ4n) is 2.89. The minimum Gasteiger partial charge on any atom is -0.383 e. The summed E-state index contributed by atoms with van der Waals surface area (Å²) in [6.07, 6.45) is -1.27. The van der Waals surface area contributed by atoms with Crippen molar-refractivity contribution in [2.75, 3.05) is 112 Å². The van der Waals surface area contributed by atoms with Gasteiger partial charge in [-0.3, -0.25) is 19.7 Å². The number of ether oxygens (including phenoxy) is 5. The first-order valence-electron chi connectivity index (χ1n) is 12.9. The van der Waals surface area contributed by atoms with E-state index in [4.69, 9.17) is 35.2 Å². The second kappa shape index (κ2) is 26.6. The molecule has 0 heterocycles. The highest BCUT2D eigenvalue weighted by Crippen LogP contribution is 2.00. The van der Waals surface area contributed by atoms with Gasteiger partial charge in [0.25, 0.3) is 0 Å². The average molecular weight is 553 g/mol. The maximum atomic E-state index is 12.8. The predicted octanol–water partition coefficient (Wildman–Crippen LogP) is -3.63. The van der Waals surface area contributed by atoms with Crippen molar-refractivity contribution in [3.05, 3.63) is 0 Å². The summed E-state index contributed by atoms with van der Waals surface area (Å²) >= 11 is 0. The molecule has 0 aliphatic heterocycles. The van der Waals surface area contributed by atoms with Crippen molar-refractivity contribution >= 4 is 17.7 Å². The van der Waals surface area contributed by atoms with Crippen molar-refractivity contribution in [3.8, 4) is 0 Å². The lowest BCUT2D eigenvalue weighted by Crippen LogP contribution is -2.48. The summed E-state index contributed by atoms with van der Waals surface area (Å²) in [7, 11) is 1.52. The zero-order valence-corrected chi connectivity index (χ0v) is 22.6. The summed E-state index contributed by atoms with van der Waals surface area (Å²) in [6, 6.07) is 0. The first kappa shape index (κ1) is 36.0. The van der Waals surface area contributed by atoms with Crippen LogP contribution >= 0.6 is 0 Å². The fraction of sp³-hybridized carbons (Fsp3) is 0.870. The number of carbonyl (C=O) groups excluding carboxylic acids is 3. The highest BCUT2D eigenvalue weighted by molar-refractivity contribution is 5.87. The Morgan fingerprint density at radius 3 is 1.84 bits per heavy atom. The Morgan fingerprint density at radius 1 is 0.737 bits per heavy atom. The smallest absolute Gasteiger partial charge is 0.239 e. The second-order valence-corrected chi connectivity index (χ2v) is 7.96. The Labute approximate surface area is 225 Å². The summed E-state index contributed by atoms with van der Waals surface area (Å²) < 4.78 is 26.0. The molecule has 0 aliphatic carbocycles. The number of methoxy groups -OCH3 is 1. The lowest BCUT2D eigenvalue weighted by atomic mass is 10.2. The number of aliphatic hydroxyl groups excluding tert-OH is 1. The van der Waals surface area contributed by atoms with E-state index in [1.165, 1.54) is 12.0 Å². The van der Waals surface area contributed by atoms with Crippen LogP contribution in [0.3, 0.4) is 0 Å². The van der Waals surface area contributed by atoms with Crippen molar-refractivity contribution < 1.29 is 43.2 Å². The fourth-order valence-corrected chi connectivity index (χ4v) is 2.89. The van der Waals surface area contributed by atoms with Crippen LogP contribution in [0.4, 0.5) is 0 Å². The monoisotopic (exact) mass is 552 g/mol. The third-order valence-electron chi connectivity index (χ3n) is 4.74. The number of nitrogens with zero attached hydrogens (tertiary/aromatic N) is 1. The molecule has 38 heavy (non-hydrogen) atoms. The molecular weight excluding hydrogens is 504 g/mol. The van der Waals surface area contributed by atoms with Crippen LogP contribution in [-0.4, -0.2) is 146 Å². The van der Waals surface area contributed by atoms with Crippen LogP contribution in [0, 0.1) is 0 Å². The lowest BCUT2D eigenvalue weighted by Gasteiger charge is -2.25. The van der Waals surface area contributed by atoms with E-state index < -0.39 is 18.0 Å². The van der Waals surface area contributed by atoms with E-state index in [9.17, 15) is 19.5 Å². The standard InChI is InChI=1S/C23H48N6O9/c1-34-11-6-26-20(30)2-3-23(33)29(18-21(31)27-7-12-37-16-14-35-9-4-24)19-22(32)28-8-13-38-17-15-36-10-5-25/h21,27,31H,2-19,24-25H2,1H3,(H,26,30)(H,28,32). The molecule has 0 bridgehead atoms. The number of rotatable bonds is 27. The van der Waals surface area contributed by atoms with Gasteiger partial charge in [0, 0.05) is 52.7 Å². The van der Waals surface area contributed by atoms with Crippen LogP contribution in [0.1, 0.15) is 12.8 Å². The molecule has 0 aromatic heterocycles. The van der Waals surface area contributed by atoms with Crippen LogP contribution in [0.2, 0.25) is 0 Å². The first-order valence-corrected chi connectivity index (χ1v) is 12.9. The van der Waals surface area contributed by atoms with Gasteiger partial charge in [-0.15, -0.1) is 0 Å². The Kier molecular flexibility index (Phi) is 25.3. The lowest BCUT2D eigenvalue weighted by molar-refractivity contribution is -0.138. The van der Waals surface area contributed by atoms with Gasteiger partial charge in [0.15, 0.2) is 0 Å². The maximum Gasteiger partial charge on any atom is 0.239 e. The van der Waals surface area contributed by atoms with Gasteiger partial charge in [0.2, 0.25) is 17.7 Å². The molecule has 0 saturated carbocycles. The molecule has 0 radical (unpaired) electrons. The highest BCUT2D eigenvalue weighted by atomic mass is 16.5. The third kappa shape index (κ3) is 23.2. The van der Waals surface area contributed by atoms with Gasteiger partial charge in [-0.2, -0.15) is 0 Å². The Hall–Kier alpha value is -1.95. The largest absolute Gasteiger partial charge is 0.383 e. The van der Waals surface area contributed by atoms with E-state index in [1.807, 2.05) is 0 Å². The molecule has 0 aromatic rings. The van der Waals surface area contributed by atoms with Crippen molar-refractivity contribution in [3.63, 3.8) is 0 Å². The molecule has 0 saturated heterocycles. The molecule has 0 fully saturated rings. The average Bonchev–Trinajstić information content (AvgIpc) is 2.90. The molecule has 0 aromatic carbocycles. The predicted molar refractivity (Wildman–Crippen MR) is 139 cm³/mol. The minimum absolute atomic E-state index is 0.0513. The molecular formula is C23H48N6O9. The number of hydrogen-bond donors (Lipinski definition) is 6. The van der Waals surface area contributed by atoms with Crippen LogP contribution in [-0.2, 0) is 38.1 Å². The number of nitrogens with one attached hydrogen (secondary N) is 3. The van der Waals surface area contributed by atoms with Crippen molar-refractivity contribution in [1.29, 1.82) is 0 Å². The van der Waals surface area contributed by atoms with Crippen LogP contribution in [0.15, 0.2) is 0 Å². The van der Waals surface area contributed by atoms with E-state index in [-0.39, 0.29) is 45.0 Å². The number of carbonyl (C=O) groups is 3. The molecule has 0 spiro atoms. The second-order valence-electron chi connectivity index (χ2n) is 7.96.